The number of carbonyl (C=O) groups is 2. The summed E-state index contributed by atoms with van der Waals surface area (Å²) in [7, 11) is 0. The Bertz CT molecular complexity index is 408. The fourth-order valence-electron chi connectivity index (χ4n) is 1.16. The molecule has 0 bridgehead atoms. The molecule has 1 unspecified atom stereocenters. The first-order valence-electron chi connectivity index (χ1n) is 4.40. The summed E-state index contributed by atoms with van der Waals surface area (Å²) in [6.45, 7) is 0. The molecule has 1 atom stereocenters. The van der Waals surface area contributed by atoms with Gasteiger partial charge in [0.25, 0.3) is 6.29 Å². The van der Waals surface area contributed by atoms with E-state index in [0.717, 1.165) is 0 Å². The lowest BCUT2D eigenvalue weighted by Gasteiger charge is -2.09. The highest BCUT2D eigenvalue weighted by molar-refractivity contribution is 5.90. The molecule has 0 radical (unpaired) electrons. The van der Waals surface area contributed by atoms with Crippen molar-refractivity contribution in [1.29, 1.82) is 0 Å². The van der Waals surface area contributed by atoms with E-state index in [4.69, 9.17) is 4.74 Å². The second kappa shape index (κ2) is 3.96. The van der Waals surface area contributed by atoms with Crippen LogP contribution in [0.4, 0.5) is 0 Å². The van der Waals surface area contributed by atoms with Gasteiger partial charge in [0.1, 0.15) is 0 Å². The van der Waals surface area contributed by atoms with Crippen LogP contribution in [0.15, 0.2) is 42.5 Å². The van der Waals surface area contributed by atoms with Gasteiger partial charge in [-0.2, -0.15) is 0 Å². The normalized spacial score (nSPS) is 18.7. The summed E-state index contributed by atoms with van der Waals surface area (Å²) >= 11 is 0. The minimum absolute atomic E-state index is 0.425. The monoisotopic (exact) mass is 204 g/mol. The first kappa shape index (κ1) is 9.45. The third kappa shape index (κ3) is 2.22. The van der Waals surface area contributed by atoms with Crippen molar-refractivity contribution in [2.45, 2.75) is 6.29 Å². The molecule has 15 heavy (non-hydrogen) atoms. The Morgan fingerprint density at radius 1 is 1.27 bits per heavy atom. The standard InChI is InChI=1S/C11H8O4/c12-9-6-7-10(14-9)15-11(13)8-4-2-1-3-5-8/h1-7,10H. The van der Waals surface area contributed by atoms with E-state index in [2.05, 4.69) is 4.74 Å². The second-order valence-electron chi connectivity index (χ2n) is 2.94. The zero-order chi connectivity index (χ0) is 10.7. The lowest BCUT2D eigenvalue weighted by molar-refractivity contribution is -0.151. The summed E-state index contributed by atoms with van der Waals surface area (Å²) < 4.78 is 9.56. The fraction of sp³-hybridized carbons (Fsp3) is 0.0909. The van der Waals surface area contributed by atoms with E-state index in [1.54, 1.807) is 30.3 Å². The second-order valence-corrected chi connectivity index (χ2v) is 2.94. The van der Waals surface area contributed by atoms with Gasteiger partial charge in [0.15, 0.2) is 0 Å². The summed E-state index contributed by atoms with van der Waals surface area (Å²) in [5, 5.41) is 0. The van der Waals surface area contributed by atoms with E-state index >= 15 is 0 Å². The van der Waals surface area contributed by atoms with Gasteiger partial charge in [-0.25, -0.2) is 9.59 Å². The highest BCUT2D eigenvalue weighted by atomic mass is 16.7. The predicted octanol–water partition coefficient (Wildman–Crippen LogP) is 1.28. The molecule has 0 saturated carbocycles. The number of carbonyl (C=O) groups excluding carboxylic acids is 2. The number of cyclic esters (lactones) is 1. The van der Waals surface area contributed by atoms with Crippen molar-refractivity contribution in [2.75, 3.05) is 0 Å². The minimum Gasteiger partial charge on any atom is -0.418 e. The Balaban J connectivity index is 1.99. The molecule has 2 rings (SSSR count). The Morgan fingerprint density at radius 3 is 2.60 bits per heavy atom. The third-order valence-electron chi connectivity index (χ3n) is 1.85. The van der Waals surface area contributed by atoms with Crippen molar-refractivity contribution in [3.63, 3.8) is 0 Å². The van der Waals surface area contributed by atoms with Crippen LogP contribution in [0.1, 0.15) is 10.4 Å². The molecule has 4 heteroatoms. The highest BCUT2D eigenvalue weighted by Gasteiger charge is 2.20. The predicted molar refractivity (Wildman–Crippen MR) is 50.9 cm³/mol. The number of ether oxygens (including phenoxy) is 2. The van der Waals surface area contributed by atoms with Crippen molar-refractivity contribution < 1.29 is 19.1 Å². The van der Waals surface area contributed by atoms with Gasteiger partial charge >= 0.3 is 11.9 Å². The average molecular weight is 204 g/mol. The number of rotatable bonds is 2. The molecule has 0 spiro atoms. The van der Waals surface area contributed by atoms with Crippen LogP contribution in [0.3, 0.4) is 0 Å². The maximum atomic E-state index is 11.5. The summed E-state index contributed by atoms with van der Waals surface area (Å²) in [6, 6.07) is 8.51. The zero-order valence-electron chi connectivity index (χ0n) is 7.75. The van der Waals surface area contributed by atoms with Gasteiger partial charge in [0, 0.05) is 12.2 Å². The molecule has 1 aromatic rings. The summed E-state index contributed by atoms with van der Waals surface area (Å²) in [6.07, 6.45) is 1.72. The molecule has 76 valence electrons. The van der Waals surface area contributed by atoms with Crippen LogP contribution in [0.25, 0.3) is 0 Å². The van der Waals surface area contributed by atoms with Crippen LogP contribution in [-0.4, -0.2) is 18.2 Å². The number of esters is 2. The maximum absolute atomic E-state index is 11.5. The number of hydrogen-bond donors (Lipinski definition) is 0. The molecule has 0 fully saturated rings. The van der Waals surface area contributed by atoms with Crippen LogP contribution < -0.4 is 0 Å². The molecule has 1 aromatic carbocycles. The van der Waals surface area contributed by atoms with Gasteiger partial charge < -0.3 is 9.47 Å². The summed E-state index contributed by atoms with van der Waals surface area (Å²) in [4.78, 5) is 22.1. The SMILES string of the molecule is O=C1C=CC(OC(=O)c2ccccc2)O1. The van der Waals surface area contributed by atoms with Crippen molar-refractivity contribution in [1.82, 2.24) is 0 Å². The van der Waals surface area contributed by atoms with Gasteiger partial charge in [0.05, 0.1) is 5.56 Å². The first-order chi connectivity index (χ1) is 7.25. The van der Waals surface area contributed by atoms with Crippen molar-refractivity contribution in [3.05, 3.63) is 48.0 Å². The van der Waals surface area contributed by atoms with Gasteiger partial charge in [-0.05, 0) is 12.1 Å². The Morgan fingerprint density at radius 2 is 2.00 bits per heavy atom. The molecule has 4 nitrogen and oxygen atoms in total. The van der Waals surface area contributed by atoms with E-state index in [-0.39, 0.29) is 0 Å². The van der Waals surface area contributed by atoms with Crippen molar-refractivity contribution in [2.24, 2.45) is 0 Å². The first-order valence-corrected chi connectivity index (χ1v) is 4.40. The lowest BCUT2D eigenvalue weighted by Crippen LogP contribution is -2.17. The molecular formula is C11H8O4. The molecule has 0 aromatic heterocycles. The summed E-state index contributed by atoms with van der Waals surface area (Å²) in [5.41, 5.74) is 0.425. The van der Waals surface area contributed by atoms with E-state index in [9.17, 15) is 9.59 Å². The fourth-order valence-corrected chi connectivity index (χ4v) is 1.16. The van der Waals surface area contributed by atoms with Crippen LogP contribution in [-0.2, 0) is 14.3 Å². The maximum Gasteiger partial charge on any atom is 0.341 e. The Labute approximate surface area is 86.1 Å². The van der Waals surface area contributed by atoms with Gasteiger partial charge in [0.2, 0.25) is 0 Å². The third-order valence-corrected chi connectivity index (χ3v) is 1.85. The summed E-state index contributed by atoms with van der Waals surface area (Å²) in [5.74, 6) is -1.01. The topological polar surface area (TPSA) is 52.6 Å². The van der Waals surface area contributed by atoms with Gasteiger partial charge in [-0.3, -0.25) is 0 Å². The van der Waals surface area contributed by atoms with Gasteiger partial charge in [-0.15, -0.1) is 0 Å². The largest absolute Gasteiger partial charge is 0.418 e. The molecule has 1 aliphatic rings. The number of hydrogen-bond acceptors (Lipinski definition) is 4. The van der Waals surface area contributed by atoms with Crippen LogP contribution >= 0.6 is 0 Å². The molecule has 0 saturated heterocycles. The molecule has 1 heterocycles. The molecule has 0 N–H and O–H groups in total. The van der Waals surface area contributed by atoms with Gasteiger partial charge in [-0.1, -0.05) is 18.2 Å². The van der Waals surface area contributed by atoms with E-state index in [1.165, 1.54) is 12.2 Å². The van der Waals surface area contributed by atoms with Crippen LogP contribution in [0.2, 0.25) is 0 Å². The van der Waals surface area contributed by atoms with Crippen molar-refractivity contribution in [3.8, 4) is 0 Å². The van der Waals surface area contributed by atoms with Crippen LogP contribution in [0, 0.1) is 0 Å². The average Bonchev–Trinajstić information content (AvgIpc) is 2.65. The Hall–Kier alpha value is -2.10. The Kier molecular flexibility index (Phi) is 2.49. The van der Waals surface area contributed by atoms with E-state index in [1.807, 2.05) is 0 Å². The van der Waals surface area contributed by atoms with E-state index < -0.39 is 18.2 Å². The zero-order valence-corrected chi connectivity index (χ0v) is 7.75. The van der Waals surface area contributed by atoms with E-state index in [0.29, 0.717) is 5.56 Å². The minimum atomic E-state index is -0.898. The molecule has 0 aliphatic carbocycles. The smallest absolute Gasteiger partial charge is 0.341 e. The molecular weight excluding hydrogens is 196 g/mol. The quantitative estimate of drug-likeness (QED) is 0.681. The van der Waals surface area contributed by atoms with Crippen LogP contribution in [0.5, 0.6) is 0 Å². The molecule has 1 aliphatic heterocycles. The number of benzene rings is 1. The van der Waals surface area contributed by atoms with Crippen molar-refractivity contribution >= 4 is 11.9 Å². The lowest BCUT2D eigenvalue weighted by atomic mass is 10.2. The highest BCUT2D eigenvalue weighted by Crippen LogP contribution is 2.10. The molecule has 0 amide bonds.